The molecule has 0 aromatic carbocycles. The normalized spacial score (nSPS) is 27.3. The highest BCUT2D eigenvalue weighted by Crippen LogP contribution is 2.36. The summed E-state index contributed by atoms with van der Waals surface area (Å²) in [6, 6.07) is 0.488. The van der Waals surface area contributed by atoms with Gasteiger partial charge < -0.3 is 5.32 Å². The first-order valence-corrected chi connectivity index (χ1v) is 10.4. The average Bonchev–Trinajstić information content (AvgIpc) is 2.47. The fourth-order valence-corrected chi connectivity index (χ4v) is 4.59. The molecule has 0 amide bonds. The monoisotopic (exact) mass is 316 g/mol. The maximum Gasteiger partial charge on any atom is 0.151 e. The van der Waals surface area contributed by atoms with E-state index in [4.69, 9.17) is 0 Å². The van der Waals surface area contributed by atoms with Gasteiger partial charge in [-0.3, -0.25) is 4.90 Å². The van der Waals surface area contributed by atoms with E-state index in [1.807, 2.05) is 0 Å². The van der Waals surface area contributed by atoms with Crippen molar-refractivity contribution in [2.24, 2.45) is 5.92 Å². The molecular formula is C16H32N2O2S. The third-order valence-corrected chi connectivity index (χ3v) is 7.17. The summed E-state index contributed by atoms with van der Waals surface area (Å²) in [4.78, 5) is 2.51. The van der Waals surface area contributed by atoms with Gasteiger partial charge in [-0.15, -0.1) is 0 Å². The van der Waals surface area contributed by atoms with Crippen LogP contribution >= 0.6 is 0 Å². The van der Waals surface area contributed by atoms with E-state index in [9.17, 15) is 8.42 Å². The first-order chi connectivity index (χ1) is 9.88. The molecule has 124 valence electrons. The van der Waals surface area contributed by atoms with Crippen LogP contribution in [0.2, 0.25) is 0 Å². The zero-order valence-electron chi connectivity index (χ0n) is 13.9. The highest BCUT2D eigenvalue weighted by atomic mass is 32.2. The number of piperazine rings is 1. The summed E-state index contributed by atoms with van der Waals surface area (Å²) in [5.74, 6) is 1.17. The van der Waals surface area contributed by atoms with E-state index >= 15 is 0 Å². The van der Waals surface area contributed by atoms with Crippen molar-refractivity contribution in [1.29, 1.82) is 0 Å². The van der Waals surface area contributed by atoms with Crippen LogP contribution in [0.5, 0.6) is 0 Å². The van der Waals surface area contributed by atoms with Crippen molar-refractivity contribution in [2.75, 3.05) is 31.1 Å². The van der Waals surface area contributed by atoms with Gasteiger partial charge in [0.1, 0.15) is 0 Å². The summed E-state index contributed by atoms with van der Waals surface area (Å²) in [5.41, 5.74) is 0.215. The van der Waals surface area contributed by atoms with Crippen LogP contribution in [0.15, 0.2) is 0 Å². The van der Waals surface area contributed by atoms with Gasteiger partial charge in [0.15, 0.2) is 9.84 Å². The quantitative estimate of drug-likeness (QED) is 0.843. The van der Waals surface area contributed by atoms with Crippen molar-refractivity contribution < 1.29 is 8.42 Å². The van der Waals surface area contributed by atoms with Crippen LogP contribution in [0.4, 0.5) is 0 Å². The molecule has 1 atom stereocenters. The Bertz CT molecular complexity index is 428. The molecule has 2 rings (SSSR count). The predicted octanol–water partition coefficient (Wildman–Crippen LogP) is 2.05. The lowest BCUT2D eigenvalue weighted by molar-refractivity contribution is 0.00688. The molecule has 21 heavy (non-hydrogen) atoms. The van der Waals surface area contributed by atoms with Gasteiger partial charge in [-0.2, -0.15) is 0 Å². The summed E-state index contributed by atoms with van der Waals surface area (Å²) < 4.78 is 23.8. The Balaban J connectivity index is 2.08. The molecule has 1 aliphatic carbocycles. The summed E-state index contributed by atoms with van der Waals surface area (Å²) in [5, 5.41) is 3.73. The Morgan fingerprint density at radius 1 is 1.24 bits per heavy atom. The number of hydrogen-bond donors (Lipinski definition) is 1. The van der Waals surface area contributed by atoms with Crippen molar-refractivity contribution in [3.05, 3.63) is 0 Å². The van der Waals surface area contributed by atoms with Crippen LogP contribution in [0.25, 0.3) is 0 Å². The maximum atomic E-state index is 11.9. The molecular weight excluding hydrogens is 284 g/mol. The van der Waals surface area contributed by atoms with Crippen molar-refractivity contribution in [3.63, 3.8) is 0 Å². The van der Waals surface area contributed by atoms with Crippen molar-refractivity contribution >= 4 is 9.84 Å². The Morgan fingerprint density at radius 2 is 1.90 bits per heavy atom. The van der Waals surface area contributed by atoms with Crippen LogP contribution in [0.1, 0.15) is 52.9 Å². The summed E-state index contributed by atoms with van der Waals surface area (Å²) in [6.07, 6.45) is 6.33. The van der Waals surface area contributed by atoms with Gasteiger partial charge in [-0.25, -0.2) is 8.42 Å². The molecule has 0 aromatic heterocycles. The van der Waals surface area contributed by atoms with Crippen LogP contribution in [0, 0.1) is 5.92 Å². The van der Waals surface area contributed by atoms with Gasteiger partial charge in [0, 0.05) is 37.0 Å². The number of nitrogens with one attached hydrogen (secondary N) is 1. The van der Waals surface area contributed by atoms with Crippen LogP contribution < -0.4 is 5.32 Å². The zero-order valence-corrected chi connectivity index (χ0v) is 14.7. The molecule has 0 bridgehead atoms. The molecule has 1 saturated carbocycles. The lowest BCUT2D eigenvalue weighted by Gasteiger charge is -2.53. The van der Waals surface area contributed by atoms with E-state index < -0.39 is 9.84 Å². The lowest BCUT2D eigenvalue weighted by atomic mass is 9.77. The second-order valence-electron chi connectivity index (χ2n) is 7.20. The fraction of sp³-hybridized carbons (Fsp3) is 1.00. The zero-order chi connectivity index (χ0) is 15.5. The number of sulfone groups is 1. The Hall–Kier alpha value is -0.130. The standard InChI is InChI=1S/C16H32N2O2S/c1-4-21(19,20)11-10-18-12-15(14(2)3)17-13-16(18)8-6-5-7-9-16/h14-15,17H,4-13H2,1-3H3. The van der Waals surface area contributed by atoms with E-state index in [1.165, 1.54) is 32.1 Å². The van der Waals surface area contributed by atoms with Crippen LogP contribution in [-0.2, 0) is 9.84 Å². The molecule has 1 aliphatic heterocycles. The first kappa shape index (κ1) is 17.2. The largest absolute Gasteiger partial charge is 0.311 e. The molecule has 1 spiro atoms. The van der Waals surface area contributed by atoms with Gasteiger partial charge >= 0.3 is 0 Å². The van der Waals surface area contributed by atoms with Crippen molar-refractivity contribution in [2.45, 2.75) is 64.5 Å². The van der Waals surface area contributed by atoms with E-state index in [2.05, 4.69) is 24.1 Å². The number of hydrogen-bond acceptors (Lipinski definition) is 4. The molecule has 4 nitrogen and oxygen atoms in total. The first-order valence-electron chi connectivity index (χ1n) is 8.57. The number of rotatable bonds is 5. The summed E-state index contributed by atoms with van der Waals surface area (Å²) >= 11 is 0. The molecule has 1 heterocycles. The molecule has 1 saturated heterocycles. The minimum absolute atomic E-state index is 0.215. The smallest absolute Gasteiger partial charge is 0.151 e. The number of nitrogens with zero attached hydrogens (tertiary/aromatic N) is 1. The minimum atomic E-state index is -2.87. The Kier molecular flexibility index (Phi) is 5.71. The van der Waals surface area contributed by atoms with Gasteiger partial charge in [-0.05, 0) is 18.8 Å². The molecule has 2 fully saturated rings. The minimum Gasteiger partial charge on any atom is -0.311 e. The second kappa shape index (κ2) is 6.97. The molecule has 1 unspecified atom stereocenters. The van der Waals surface area contributed by atoms with Gasteiger partial charge in [0.25, 0.3) is 0 Å². The van der Waals surface area contributed by atoms with Crippen LogP contribution in [0.3, 0.4) is 0 Å². The second-order valence-corrected chi connectivity index (χ2v) is 9.67. The van der Waals surface area contributed by atoms with Gasteiger partial charge in [0.2, 0.25) is 0 Å². The van der Waals surface area contributed by atoms with Gasteiger partial charge in [-0.1, -0.05) is 40.0 Å². The Morgan fingerprint density at radius 3 is 2.48 bits per heavy atom. The third-order valence-electron chi connectivity index (χ3n) is 5.48. The highest BCUT2D eigenvalue weighted by Gasteiger charge is 2.42. The van der Waals surface area contributed by atoms with E-state index in [0.29, 0.717) is 24.3 Å². The highest BCUT2D eigenvalue weighted by molar-refractivity contribution is 7.91. The fourth-order valence-electron chi connectivity index (χ4n) is 3.80. The maximum absolute atomic E-state index is 11.9. The molecule has 0 radical (unpaired) electrons. The van der Waals surface area contributed by atoms with Crippen molar-refractivity contribution in [3.8, 4) is 0 Å². The topological polar surface area (TPSA) is 49.4 Å². The van der Waals surface area contributed by atoms with Gasteiger partial charge in [0.05, 0.1) is 5.75 Å². The molecule has 2 aliphatic rings. The summed E-state index contributed by atoms with van der Waals surface area (Å²) in [6.45, 7) is 8.98. The molecule has 1 N–H and O–H groups in total. The molecule has 5 heteroatoms. The van der Waals surface area contributed by atoms with Crippen LogP contribution in [-0.4, -0.2) is 56.0 Å². The molecule has 0 aromatic rings. The Labute approximate surface area is 130 Å². The van der Waals surface area contributed by atoms with E-state index in [0.717, 1.165) is 13.1 Å². The lowest BCUT2D eigenvalue weighted by Crippen LogP contribution is -2.66. The third kappa shape index (κ3) is 4.20. The van der Waals surface area contributed by atoms with E-state index in [-0.39, 0.29) is 11.3 Å². The average molecular weight is 317 g/mol. The van der Waals surface area contributed by atoms with Crippen molar-refractivity contribution in [1.82, 2.24) is 10.2 Å². The predicted molar refractivity (Wildman–Crippen MR) is 88.3 cm³/mol. The van der Waals surface area contributed by atoms with E-state index in [1.54, 1.807) is 6.92 Å². The summed E-state index contributed by atoms with van der Waals surface area (Å²) in [7, 11) is -2.87. The SMILES string of the molecule is CCS(=O)(=O)CCN1CC(C(C)C)NCC12CCCCC2.